The van der Waals surface area contributed by atoms with Crippen molar-refractivity contribution < 1.29 is 19.1 Å². The summed E-state index contributed by atoms with van der Waals surface area (Å²) in [5, 5.41) is 0. The summed E-state index contributed by atoms with van der Waals surface area (Å²) in [6, 6.07) is 9.68. The fourth-order valence-corrected chi connectivity index (χ4v) is 3.81. The summed E-state index contributed by atoms with van der Waals surface area (Å²) in [5.41, 5.74) is 0.340. The first kappa shape index (κ1) is 16.0. The van der Waals surface area contributed by atoms with Crippen molar-refractivity contribution in [2.24, 2.45) is 5.92 Å². The average molecular weight is 316 g/mol. The number of carbonyl (C=O) groups excluding carboxylic acids is 2. The van der Waals surface area contributed by atoms with Gasteiger partial charge in [-0.1, -0.05) is 50.6 Å². The largest absolute Gasteiger partial charge is 0.422 e. The first-order valence-electron chi connectivity index (χ1n) is 8.52. The van der Waals surface area contributed by atoms with E-state index in [0.29, 0.717) is 19.3 Å². The van der Waals surface area contributed by atoms with Gasteiger partial charge in [-0.3, -0.25) is 9.59 Å². The van der Waals surface area contributed by atoms with Gasteiger partial charge in [0.15, 0.2) is 5.92 Å². The lowest BCUT2D eigenvalue weighted by molar-refractivity contribution is -0.263. The van der Waals surface area contributed by atoms with Crippen LogP contribution in [0.4, 0.5) is 0 Å². The second kappa shape index (κ2) is 5.99. The van der Waals surface area contributed by atoms with Gasteiger partial charge in [0.25, 0.3) is 5.79 Å². The molecule has 0 amide bonds. The van der Waals surface area contributed by atoms with Crippen molar-refractivity contribution >= 4 is 11.9 Å². The number of benzene rings is 1. The van der Waals surface area contributed by atoms with Crippen LogP contribution in [-0.4, -0.2) is 17.7 Å². The van der Waals surface area contributed by atoms with E-state index in [9.17, 15) is 9.59 Å². The Kier molecular flexibility index (Phi) is 4.17. The standard InChI is InChI=1S/C19H24O4/c1-3-18(2,14-10-6-4-7-11-14)15-16(20)22-19(23-17(15)21)12-8-5-9-13-19/h4,6-7,10-11,15H,3,5,8-9,12-13H2,1-2H3/t18-/m0/s1. The molecule has 1 saturated carbocycles. The van der Waals surface area contributed by atoms with Crippen LogP contribution in [0.2, 0.25) is 0 Å². The molecule has 1 spiro atoms. The Balaban J connectivity index is 1.91. The fourth-order valence-electron chi connectivity index (χ4n) is 3.81. The van der Waals surface area contributed by atoms with Crippen molar-refractivity contribution in [3.8, 4) is 0 Å². The molecule has 0 N–H and O–H groups in total. The van der Waals surface area contributed by atoms with E-state index in [1.54, 1.807) is 0 Å². The summed E-state index contributed by atoms with van der Waals surface area (Å²) >= 11 is 0. The van der Waals surface area contributed by atoms with Crippen molar-refractivity contribution in [2.45, 2.75) is 63.6 Å². The summed E-state index contributed by atoms with van der Waals surface area (Å²) in [5.74, 6) is -2.77. The zero-order valence-corrected chi connectivity index (χ0v) is 13.8. The van der Waals surface area contributed by atoms with Crippen molar-refractivity contribution in [1.29, 1.82) is 0 Å². The van der Waals surface area contributed by atoms with Crippen LogP contribution >= 0.6 is 0 Å². The lowest BCUT2D eigenvalue weighted by Gasteiger charge is -2.44. The van der Waals surface area contributed by atoms with Gasteiger partial charge in [-0.15, -0.1) is 0 Å². The molecule has 2 aliphatic rings. The highest BCUT2D eigenvalue weighted by molar-refractivity contribution is 5.98. The van der Waals surface area contributed by atoms with Gasteiger partial charge in [0.1, 0.15) is 0 Å². The quantitative estimate of drug-likeness (QED) is 0.630. The summed E-state index contributed by atoms with van der Waals surface area (Å²) in [6.45, 7) is 3.92. The van der Waals surface area contributed by atoms with Gasteiger partial charge in [-0.25, -0.2) is 0 Å². The van der Waals surface area contributed by atoms with Crippen LogP contribution in [0, 0.1) is 5.92 Å². The highest BCUT2D eigenvalue weighted by atomic mass is 16.7. The van der Waals surface area contributed by atoms with E-state index >= 15 is 0 Å². The molecular weight excluding hydrogens is 292 g/mol. The van der Waals surface area contributed by atoms with Gasteiger partial charge in [0, 0.05) is 18.3 Å². The van der Waals surface area contributed by atoms with Crippen LogP contribution < -0.4 is 0 Å². The SMILES string of the molecule is CC[C@@](C)(c1ccccc1)C1C(=O)OC2(CCCCC2)OC1=O. The second-order valence-electron chi connectivity index (χ2n) is 6.88. The molecule has 0 aromatic heterocycles. The molecule has 0 bridgehead atoms. The molecule has 1 aromatic rings. The van der Waals surface area contributed by atoms with E-state index in [0.717, 1.165) is 24.8 Å². The molecule has 1 atom stereocenters. The number of ether oxygens (including phenoxy) is 2. The summed E-state index contributed by atoms with van der Waals surface area (Å²) < 4.78 is 11.4. The molecule has 2 fully saturated rings. The minimum absolute atomic E-state index is 0.434. The Hall–Kier alpha value is -1.84. The zero-order valence-electron chi connectivity index (χ0n) is 13.8. The van der Waals surface area contributed by atoms with Crippen molar-refractivity contribution in [2.75, 3.05) is 0 Å². The Labute approximate surface area is 137 Å². The number of carbonyl (C=O) groups is 2. The Bertz CT molecular complexity index is 569. The molecule has 0 unspecified atom stereocenters. The molecule has 0 radical (unpaired) electrons. The van der Waals surface area contributed by atoms with Crippen LogP contribution in [0.5, 0.6) is 0 Å². The number of rotatable bonds is 3. The Morgan fingerprint density at radius 2 is 1.61 bits per heavy atom. The lowest BCUT2D eigenvalue weighted by atomic mass is 9.69. The molecule has 23 heavy (non-hydrogen) atoms. The van der Waals surface area contributed by atoms with Crippen LogP contribution in [0.25, 0.3) is 0 Å². The zero-order chi connectivity index (χ0) is 16.5. The predicted octanol–water partition coefficient (Wildman–Crippen LogP) is 3.73. The van der Waals surface area contributed by atoms with Crippen LogP contribution in [0.3, 0.4) is 0 Å². The molecule has 4 nitrogen and oxygen atoms in total. The molecule has 124 valence electrons. The fraction of sp³-hybridized carbons (Fsp3) is 0.579. The molecule has 1 aromatic carbocycles. The summed E-state index contributed by atoms with van der Waals surface area (Å²) in [7, 11) is 0. The third kappa shape index (κ3) is 2.75. The van der Waals surface area contributed by atoms with Gasteiger partial charge in [-0.05, 0) is 24.8 Å². The topological polar surface area (TPSA) is 52.6 Å². The predicted molar refractivity (Wildman–Crippen MR) is 85.6 cm³/mol. The number of hydrogen-bond acceptors (Lipinski definition) is 4. The third-order valence-corrected chi connectivity index (χ3v) is 5.46. The number of esters is 2. The van der Waals surface area contributed by atoms with Gasteiger partial charge in [-0.2, -0.15) is 0 Å². The Morgan fingerprint density at radius 1 is 1.04 bits per heavy atom. The van der Waals surface area contributed by atoms with Crippen molar-refractivity contribution in [3.05, 3.63) is 35.9 Å². The average Bonchev–Trinajstić information content (AvgIpc) is 2.55. The highest BCUT2D eigenvalue weighted by Crippen LogP contribution is 2.44. The van der Waals surface area contributed by atoms with Crippen LogP contribution in [-0.2, 0) is 24.5 Å². The molecular formula is C19H24O4. The number of hydrogen-bond donors (Lipinski definition) is 0. The Morgan fingerprint density at radius 3 is 2.13 bits per heavy atom. The van der Waals surface area contributed by atoms with Crippen LogP contribution in [0.1, 0.15) is 57.9 Å². The van der Waals surface area contributed by atoms with Gasteiger partial charge >= 0.3 is 11.9 Å². The molecule has 1 saturated heterocycles. The third-order valence-electron chi connectivity index (χ3n) is 5.46. The van der Waals surface area contributed by atoms with E-state index in [1.165, 1.54) is 0 Å². The van der Waals surface area contributed by atoms with E-state index in [-0.39, 0.29) is 0 Å². The van der Waals surface area contributed by atoms with E-state index in [4.69, 9.17) is 9.47 Å². The molecule has 1 heterocycles. The first-order valence-corrected chi connectivity index (χ1v) is 8.52. The van der Waals surface area contributed by atoms with E-state index in [1.807, 2.05) is 44.2 Å². The van der Waals surface area contributed by atoms with E-state index in [2.05, 4.69) is 0 Å². The van der Waals surface area contributed by atoms with Gasteiger partial charge < -0.3 is 9.47 Å². The summed E-state index contributed by atoms with van der Waals surface area (Å²) in [4.78, 5) is 25.5. The van der Waals surface area contributed by atoms with Crippen LogP contribution in [0.15, 0.2) is 30.3 Å². The van der Waals surface area contributed by atoms with E-state index < -0.39 is 29.1 Å². The summed E-state index contributed by atoms with van der Waals surface area (Å²) in [6.07, 6.45) is 4.83. The molecule has 4 heteroatoms. The molecule has 1 aliphatic heterocycles. The first-order chi connectivity index (χ1) is 11.0. The lowest BCUT2D eigenvalue weighted by Crippen LogP contribution is -2.56. The molecule has 3 rings (SSSR count). The molecule has 1 aliphatic carbocycles. The highest BCUT2D eigenvalue weighted by Gasteiger charge is 2.55. The van der Waals surface area contributed by atoms with Gasteiger partial charge in [0.2, 0.25) is 0 Å². The monoisotopic (exact) mass is 316 g/mol. The maximum absolute atomic E-state index is 12.7. The normalized spacial score (nSPS) is 23.9. The van der Waals surface area contributed by atoms with Crippen molar-refractivity contribution in [3.63, 3.8) is 0 Å². The van der Waals surface area contributed by atoms with Gasteiger partial charge in [0.05, 0.1) is 0 Å². The maximum atomic E-state index is 12.7. The smallest absolute Gasteiger partial charge is 0.324 e. The minimum Gasteiger partial charge on any atom is -0.422 e. The maximum Gasteiger partial charge on any atom is 0.324 e. The minimum atomic E-state index is -1.01. The van der Waals surface area contributed by atoms with Crippen molar-refractivity contribution in [1.82, 2.24) is 0 Å². The second-order valence-corrected chi connectivity index (χ2v) is 6.88.